The van der Waals surface area contributed by atoms with Gasteiger partial charge < -0.3 is 15.0 Å². The van der Waals surface area contributed by atoms with Gasteiger partial charge in [-0.3, -0.25) is 4.79 Å². The van der Waals surface area contributed by atoms with E-state index in [0.717, 1.165) is 16.9 Å². The predicted octanol–water partition coefficient (Wildman–Crippen LogP) is 3.31. The molecule has 1 aliphatic rings. The Morgan fingerprint density at radius 1 is 1.24 bits per heavy atom. The maximum Gasteiger partial charge on any atom is 0.226 e. The van der Waals surface area contributed by atoms with Crippen molar-refractivity contribution in [1.29, 1.82) is 0 Å². The molecule has 2 aromatic rings. The molecular weight excluding hydrogens is 336 g/mol. The van der Waals surface area contributed by atoms with Gasteiger partial charge in [0, 0.05) is 11.6 Å². The molecule has 0 aromatic heterocycles. The average molecular weight is 359 g/mol. The van der Waals surface area contributed by atoms with Crippen molar-refractivity contribution in [3.63, 3.8) is 0 Å². The largest absolute Gasteiger partial charge is 0.492 e. The van der Waals surface area contributed by atoms with Gasteiger partial charge in [-0.2, -0.15) is 0 Å². The summed E-state index contributed by atoms with van der Waals surface area (Å²) in [5, 5.41) is 3.78. The second-order valence-corrected chi connectivity index (χ2v) is 6.97. The van der Waals surface area contributed by atoms with Crippen LogP contribution in [0, 0.1) is 5.92 Å². The molecule has 0 saturated heterocycles. The Hall–Kier alpha value is -2.04. The van der Waals surface area contributed by atoms with Crippen LogP contribution in [0.4, 0.5) is 0 Å². The molecule has 0 saturated carbocycles. The SMILES string of the molecule is CN(C)[C@H](CNC(=O)[C@@H]1COc2ccccc2C1)c1ccccc1Cl. The van der Waals surface area contributed by atoms with E-state index in [1.54, 1.807) is 0 Å². The Bertz CT molecular complexity index is 748. The lowest BCUT2D eigenvalue weighted by Gasteiger charge is -2.28. The van der Waals surface area contributed by atoms with E-state index >= 15 is 0 Å². The standard InChI is InChI=1S/C20H23ClN2O2/c1-23(2)18(16-8-4-5-9-17(16)21)12-22-20(24)15-11-14-7-3-6-10-19(14)25-13-15/h3-10,15,18H,11-13H2,1-2H3,(H,22,24)/t15-,18+/m0/s1. The highest BCUT2D eigenvalue weighted by molar-refractivity contribution is 6.31. The zero-order chi connectivity index (χ0) is 17.8. The monoisotopic (exact) mass is 358 g/mol. The van der Waals surface area contributed by atoms with Gasteiger partial charge in [-0.15, -0.1) is 0 Å². The molecule has 2 aromatic carbocycles. The quantitative estimate of drug-likeness (QED) is 0.891. The van der Waals surface area contributed by atoms with Crippen molar-refractivity contribution in [3.05, 3.63) is 64.7 Å². The lowest BCUT2D eigenvalue weighted by molar-refractivity contribution is -0.126. The van der Waals surface area contributed by atoms with Crippen LogP contribution in [-0.2, 0) is 11.2 Å². The lowest BCUT2D eigenvalue weighted by Crippen LogP contribution is -2.41. The number of rotatable bonds is 5. The molecule has 0 radical (unpaired) electrons. The smallest absolute Gasteiger partial charge is 0.226 e. The van der Waals surface area contributed by atoms with Gasteiger partial charge in [0.05, 0.1) is 12.0 Å². The molecule has 1 N–H and O–H groups in total. The summed E-state index contributed by atoms with van der Waals surface area (Å²) in [4.78, 5) is 14.7. The number of nitrogens with zero attached hydrogens (tertiary/aromatic N) is 1. The third-order valence-electron chi connectivity index (χ3n) is 4.61. The number of benzene rings is 2. The van der Waals surface area contributed by atoms with Gasteiger partial charge in [0.2, 0.25) is 5.91 Å². The molecule has 1 aliphatic heterocycles. The van der Waals surface area contributed by atoms with Crippen LogP contribution in [0.15, 0.2) is 48.5 Å². The Morgan fingerprint density at radius 2 is 1.96 bits per heavy atom. The molecule has 0 aliphatic carbocycles. The number of carbonyl (C=O) groups excluding carboxylic acids is 1. The summed E-state index contributed by atoms with van der Waals surface area (Å²) in [6.45, 7) is 0.926. The number of hydrogen-bond donors (Lipinski definition) is 1. The van der Waals surface area contributed by atoms with Crippen LogP contribution in [0.2, 0.25) is 5.02 Å². The van der Waals surface area contributed by atoms with E-state index in [4.69, 9.17) is 16.3 Å². The van der Waals surface area contributed by atoms with E-state index in [1.807, 2.05) is 62.6 Å². The first-order chi connectivity index (χ1) is 12.1. The van der Waals surface area contributed by atoms with Crippen molar-refractivity contribution in [2.75, 3.05) is 27.2 Å². The normalized spacial score (nSPS) is 17.5. The van der Waals surface area contributed by atoms with E-state index in [0.29, 0.717) is 24.6 Å². The number of hydrogen-bond acceptors (Lipinski definition) is 3. The summed E-state index contributed by atoms with van der Waals surface area (Å²) in [5.74, 6) is 0.742. The molecule has 1 heterocycles. The molecule has 132 valence electrons. The van der Waals surface area contributed by atoms with Crippen molar-refractivity contribution < 1.29 is 9.53 Å². The van der Waals surface area contributed by atoms with Crippen LogP contribution >= 0.6 is 11.6 Å². The number of nitrogens with one attached hydrogen (secondary N) is 1. The second-order valence-electron chi connectivity index (χ2n) is 6.57. The summed E-state index contributed by atoms with van der Waals surface area (Å²) in [7, 11) is 3.97. The minimum atomic E-state index is -0.163. The Balaban J connectivity index is 1.64. The van der Waals surface area contributed by atoms with E-state index in [2.05, 4.69) is 10.2 Å². The topological polar surface area (TPSA) is 41.6 Å². The van der Waals surface area contributed by atoms with Gasteiger partial charge in [0.25, 0.3) is 0 Å². The number of ether oxygens (including phenoxy) is 1. The summed E-state index contributed by atoms with van der Waals surface area (Å²) in [6.07, 6.45) is 0.709. The summed E-state index contributed by atoms with van der Waals surface area (Å²) in [5.41, 5.74) is 2.10. The summed E-state index contributed by atoms with van der Waals surface area (Å²) < 4.78 is 5.72. The van der Waals surface area contributed by atoms with Crippen LogP contribution in [0.25, 0.3) is 0 Å². The third-order valence-corrected chi connectivity index (χ3v) is 4.95. The third kappa shape index (κ3) is 4.14. The molecular formula is C20H23ClN2O2. The van der Waals surface area contributed by atoms with Gasteiger partial charge in [-0.05, 0) is 43.8 Å². The Kier molecular flexibility index (Phi) is 5.61. The molecule has 0 bridgehead atoms. The first kappa shape index (κ1) is 17.8. The first-order valence-corrected chi connectivity index (χ1v) is 8.83. The molecule has 0 unspecified atom stereocenters. The second kappa shape index (κ2) is 7.89. The molecule has 4 nitrogen and oxygen atoms in total. The fourth-order valence-corrected chi connectivity index (χ4v) is 3.42. The van der Waals surface area contributed by atoms with Crippen LogP contribution in [0.3, 0.4) is 0 Å². The highest BCUT2D eigenvalue weighted by Crippen LogP contribution is 2.28. The maximum absolute atomic E-state index is 12.6. The van der Waals surface area contributed by atoms with E-state index < -0.39 is 0 Å². The van der Waals surface area contributed by atoms with Crippen LogP contribution < -0.4 is 10.1 Å². The Morgan fingerprint density at radius 3 is 2.72 bits per heavy atom. The van der Waals surface area contributed by atoms with Crippen molar-refractivity contribution in [3.8, 4) is 5.75 Å². The van der Waals surface area contributed by atoms with Crippen molar-refractivity contribution in [2.45, 2.75) is 12.5 Å². The van der Waals surface area contributed by atoms with Gasteiger partial charge in [-0.25, -0.2) is 0 Å². The van der Waals surface area contributed by atoms with Crippen molar-refractivity contribution in [2.24, 2.45) is 5.92 Å². The molecule has 0 spiro atoms. The van der Waals surface area contributed by atoms with E-state index in [-0.39, 0.29) is 17.9 Å². The van der Waals surface area contributed by atoms with Gasteiger partial charge >= 0.3 is 0 Å². The number of likely N-dealkylation sites (N-methyl/N-ethyl adjacent to an activating group) is 1. The highest BCUT2D eigenvalue weighted by atomic mass is 35.5. The van der Waals surface area contributed by atoms with Gasteiger partial charge in [0.1, 0.15) is 12.4 Å². The number of amides is 1. The van der Waals surface area contributed by atoms with Crippen LogP contribution in [0.5, 0.6) is 5.75 Å². The van der Waals surface area contributed by atoms with E-state index in [9.17, 15) is 4.79 Å². The first-order valence-electron chi connectivity index (χ1n) is 8.45. The predicted molar refractivity (Wildman–Crippen MR) is 100 cm³/mol. The van der Waals surface area contributed by atoms with Gasteiger partial charge in [-0.1, -0.05) is 48.0 Å². The van der Waals surface area contributed by atoms with Gasteiger partial charge in [0.15, 0.2) is 0 Å². The van der Waals surface area contributed by atoms with E-state index in [1.165, 1.54) is 0 Å². The number of fused-ring (bicyclic) bond motifs is 1. The highest BCUT2D eigenvalue weighted by Gasteiger charge is 2.27. The Labute approximate surface area is 153 Å². The number of carbonyl (C=O) groups is 1. The summed E-state index contributed by atoms with van der Waals surface area (Å²) in [6, 6.07) is 15.7. The molecule has 3 rings (SSSR count). The van der Waals surface area contributed by atoms with Crippen LogP contribution in [0.1, 0.15) is 17.2 Å². The minimum Gasteiger partial charge on any atom is -0.492 e. The van der Waals surface area contributed by atoms with Crippen LogP contribution in [-0.4, -0.2) is 38.1 Å². The molecule has 25 heavy (non-hydrogen) atoms. The average Bonchev–Trinajstić information content (AvgIpc) is 2.62. The number of para-hydroxylation sites is 1. The molecule has 0 fully saturated rings. The zero-order valence-corrected chi connectivity index (χ0v) is 15.3. The number of halogens is 1. The maximum atomic E-state index is 12.6. The molecule has 5 heteroatoms. The minimum absolute atomic E-state index is 0.0217. The molecule has 1 amide bonds. The van der Waals surface area contributed by atoms with Crippen molar-refractivity contribution >= 4 is 17.5 Å². The lowest BCUT2D eigenvalue weighted by atomic mass is 9.96. The summed E-state index contributed by atoms with van der Waals surface area (Å²) >= 11 is 6.32. The zero-order valence-electron chi connectivity index (χ0n) is 14.5. The fraction of sp³-hybridized carbons (Fsp3) is 0.350. The molecule has 2 atom stereocenters. The van der Waals surface area contributed by atoms with Crippen molar-refractivity contribution in [1.82, 2.24) is 10.2 Å². The fourth-order valence-electron chi connectivity index (χ4n) is 3.15.